The molecule has 174 valence electrons. The minimum atomic E-state index is -0.212. The minimum Gasteiger partial charge on any atom is -0.491 e. The second-order valence-electron chi connectivity index (χ2n) is 9.39. The largest absolute Gasteiger partial charge is 0.491 e. The van der Waals surface area contributed by atoms with Crippen LogP contribution < -0.4 is 4.74 Å². The Balaban J connectivity index is 1.60. The molecule has 2 atom stereocenters. The van der Waals surface area contributed by atoms with E-state index in [1.54, 1.807) is 7.11 Å². The highest BCUT2D eigenvalue weighted by molar-refractivity contribution is 5.87. The number of rotatable bonds is 8. The molecule has 1 saturated heterocycles. The summed E-state index contributed by atoms with van der Waals surface area (Å²) in [7, 11) is 1.66. The zero-order valence-corrected chi connectivity index (χ0v) is 19.7. The van der Waals surface area contributed by atoms with Crippen molar-refractivity contribution >= 4 is 5.71 Å². The van der Waals surface area contributed by atoms with Gasteiger partial charge in [0.1, 0.15) is 12.4 Å². The first-order valence-electron chi connectivity index (χ1n) is 11.4. The molecule has 0 saturated carbocycles. The minimum absolute atomic E-state index is 0.191. The predicted molar refractivity (Wildman–Crippen MR) is 122 cm³/mol. The van der Waals surface area contributed by atoms with Crippen LogP contribution in [0.5, 0.6) is 5.75 Å². The van der Waals surface area contributed by atoms with Crippen LogP contribution in [0.3, 0.4) is 0 Å². The molecule has 8 nitrogen and oxygen atoms in total. The number of methoxy groups -OCH3 is 1. The van der Waals surface area contributed by atoms with E-state index in [9.17, 15) is 0 Å². The highest BCUT2D eigenvalue weighted by atomic mass is 16.6. The lowest BCUT2D eigenvalue weighted by atomic mass is 9.94. The third-order valence-electron chi connectivity index (χ3n) is 5.99. The summed E-state index contributed by atoms with van der Waals surface area (Å²) in [6.45, 7) is 10.3. The normalized spacial score (nSPS) is 22.6. The molecule has 2 aromatic rings. The van der Waals surface area contributed by atoms with Gasteiger partial charge in [0.2, 0.25) is 0 Å². The van der Waals surface area contributed by atoms with Crippen molar-refractivity contribution in [2.45, 2.75) is 64.7 Å². The van der Waals surface area contributed by atoms with E-state index in [-0.39, 0.29) is 17.7 Å². The number of nitrogens with zero attached hydrogens (tertiary/aromatic N) is 4. The molecular weight excluding hydrogens is 408 g/mol. The Morgan fingerprint density at radius 3 is 2.62 bits per heavy atom. The van der Waals surface area contributed by atoms with Crippen LogP contribution in [-0.2, 0) is 14.3 Å². The van der Waals surface area contributed by atoms with Crippen LogP contribution in [0.25, 0.3) is 11.4 Å². The Morgan fingerprint density at radius 2 is 1.97 bits per heavy atom. The molecule has 8 heteroatoms. The first kappa shape index (κ1) is 22.7. The number of ether oxygens (including phenoxy) is 3. The maximum Gasteiger partial charge on any atom is 0.191 e. The summed E-state index contributed by atoms with van der Waals surface area (Å²) in [5.74, 6) is 2.67. The average molecular weight is 443 g/mol. The molecule has 2 aliphatic rings. The van der Waals surface area contributed by atoms with Gasteiger partial charge in [0, 0.05) is 25.7 Å². The van der Waals surface area contributed by atoms with Crippen molar-refractivity contribution in [3.63, 3.8) is 0 Å². The fourth-order valence-electron chi connectivity index (χ4n) is 4.17. The molecule has 0 N–H and O–H groups in total. The first-order valence-corrected chi connectivity index (χ1v) is 11.4. The van der Waals surface area contributed by atoms with Gasteiger partial charge in [-0.05, 0) is 56.9 Å². The Bertz CT molecular complexity index is 936. The van der Waals surface area contributed by atoms with E-state index in [0.29, 0.717) is 31.6 Å². The molecule has 1 fully saturated rings. The summed E-state index contributed by atoms with van der Waals surface area (Å²) in [6, 6.07) is 8.07. The van der Waals surface area contributed by atoms with Crippen LogP contribution >= 0.6 is 0 Å². The van der Waals surface area contributed by atoms with Crippen molar-refractivity contribution in [3.05, 3.63) is 30.1 Å². The fourth-order valence-corrected chi connectivity index (χ4v) is 4.17. The summed E-state index contributed by atoms with van der Waals surface area (Å²) in [5, 5.41) is 9.27. The number of hydrogen-bond acceptors (Lipinski definition) is 7. The summed E-state index contributed by atoms with van der Waals surface area (Å²) < 4.78 is 18.7. The van der Waals surface area contributed by atoms with Crippen molar-refractivity contribution in [1.82, 2.24) is 14.8 Å². The molecule has 0 amide bonds. The summed E-state index contributed by atoms with van der Waals surface area (Å²) in [6.07, 6.45) is 2.31. The van der Waals surface area contributed by atoms with E-state index >= 15 is 0 Å². The molecule has 1 aromatic carbocycles. The van der Waals surface area contributed by atoms with Crippen molar-refractivity contribution < 1.29 is 19.0 Å². The van der Waals surface area contributed by atoms with Crippen LogP contribution in [0.15, 0.2) is 29.4 Å². The summed E-state index contributed by atoms with van der Waals surface area (Å²) >= 11 is 0. The topological polar surface area (TPSA) is 80.0 Å². The highest BCUT2D eigenvalue weighted by Gasteiger charge is 2.36. The Morgan fingerprint density at radius 1 is 1.19 bits per heavy atom. The van der Waals surface area contributed by atoms with E-state index in [4.69, 9.17) is 29.1 Å². The Kier molecular flexibility index (Phi) is 6.81. The summed E-state index contributed by atoms with van der Waals surface area (Å²) in [5.41, 5.74) is 1.82. The molecule has 1 aromatic heterocycles. The molecule has 2 unspecified atom stereocenters. The quantitative estimate of drug-likeness (QED) is 0.557. The van der Waals surface area contributed by atoms with Gasteiger partial charge in [0.25, 0.3) is 0 Å². The Hall–Kier alpha value is -2.45. The SMILES string of the molecule is COCCOc1ccc(-c2nc(C3CC(C(C)C)=NO3)n(C3CCOC(C)(C)C3)n2)cc1. The number of aromatic nitrogens is 3. The van der Waals surface area contributed by atoms with Crippen LogP contribution in [0.2, 0.25) is 0 Å². The number of benzene rings is 1. The molecule has 0 aliphatic carbocycles. The van der Waals surface area contributed by atoms with Gasteiger partial charge in [-0.3, -0.25) is 0 Å². The second kappa shape index (κ2) is 9.58. The molecule has 0 radical (unpaired) electrons. The van der Waals surface area contributed by atoms with Crippen LogP contribution in [-0.4, -0.2) is 53.0 Å². The maximum absolute atomic E-state index is 5.94. The van der Waals surface area contributed by atoms with E-state index in [0.717, 1.165) is 42.1 Å². The van der Waals surface area contributed by atoms with Gasteiger partial charge in [-0.2, -0.15) is 5.10 Å². The molecule has 4 rings (SSSR count). The first-order chi connectivity index (χ1) is 15.4. The second-order valence-corrected chi connectivity index (χ2v) is 9.39. The van der Waals surface area contributed by atoms with Crippen molar-refractivity contribution in [2.24, 2.45) is 11.1 Å². The smallest absolute Gasteiger partial charge is 0.191 e. The molecule has 0 spiro atoms. The van der Waals surface area contributed by atoms with E-state index in [1.807, 2.05) is 24.3 Å². The summed E-state index contributed by atoms with van der Waals surface area (Å²) in [4.78, 5) is 10.8. The lowest BCUT2D eigenvalue weighted by Crippen LogP contribution is -2.36. The number of hydrogen-bond donors (Lipinski definition) is 0. The van der Waals surface area contributed by atoms with Gasteiger partial charge in [0.05, 0.1) is 24.0 Å². The van der Waals surface area contributed by atoms with Gasteiger partial charge in [-0.15, -0.1) is 0 Å². The zero-order valence-electron chi connectivity index (χ0n) is 19.7. The Labute approximate surface area is 189 Å². The third-order valence-corrected chi connectivity index (χ3v) is 5.99. The number of oxime groups is 1. The van der Waals surface area contributed by atoms with Gasteiger partial charge in [-0.25, -0.2) is 9.67 Å². The molecular formula is C24H34N4O4. The molecule has 3 heterocycles. The van der Waals surface area contributed by atoms with E-state index in [2.05, 4.69) is 37.5 Å². The predicted octanol–water partition coefficient (Wildman–Crippen LogP) is 4.57. The van der Waals surface area contributed by atoms with Gasteiger partial charge >= 0.3 is 0 Å². The fraction of sp³-hybridized carbons (Fsp3) is 0.625. The van der Waals surface area contributed by atoms with Gasteiger partial charge in [-0.1, -0.05) is 19.0 Å². The van der Waals surface area contributed by atoms with Gasteiger partial charge in [0.15, 0.2) is 17.8 Å². The monoisotopic (exact) mass is 442 g/mol. The van der Waals surface area contributed by atoms with E-state index < -0.39 is 0 Å². The van der Waals surface area contributed by atoms with Crippen molar-refractivity contribution in [3.8, 4) is 17.1 Å². The lowest BCUT2D eigenvalue weighted by molar-refractivity contribution is -0.0723. The lowest BCUT2D eigenvalue weighted by Gasteiger charge is -2.36. The van der Waals surface area contributed by atoms with Crippen LogP contribution in [0.4, 0.5) is 0 Å². The molecule has 2 aliphatic heterocycles. The van der Waals surface area contributed by atoms with Crippen molar-refractivity contribution in [1.29, 1.82) is 0 Å². The average Bonchev–Trinajstić information content (AvgIpc) is 3.41. The van der Waals surface area contributed by atoms with Crippen LogP contribution in [0, 0.1) is 5.92 Å². The highest BCUT2D eigenvalue weighted by Crippen LogP contribution is 2.37. The molecule has 32 heavy (non-hydrogen) atoms. The van der Waals surface area contributed by atoms with Crippen molar-refractivity contribution in [2.75, 3.05) is 26.9 Å². The third kappa shape index (κ3) is 5.13. The maximum atomic E-state index is 5.94. The molecule has 0 bridgehead atoms. The standard InChI is InChI=1S/C24H34N4O4/c1-16(2)20-14-21(32-27-20)23-25-22(17-6-8-19(9-7-17)30-13-12-29-5)26-28(23)18-10-11-31-24(3,4)15-18/h6-9,16,18,21H,10-15H2,1-5H3. The van der Waals surface area contributed by atoms with E-state index in [1.165, 1.54) is 0 Å². The van der Waals surface area contributed by atoms with Crippen LogP contribution in [0.1, 0.15) is 64.9 Å². The van der Waals surface area contributed by atoms with Gasteiger partial charge < -0.3 is 19.0 Å². The zero-order chi connectivity index (χ0) is 22.7.